The van der Waals surface area contributed by atoms with Crippen LogP contribution in [0.3, 0.4) is 0 Å². The highest BCUT2D eigenvalue weighted by molar-refractivity contribution is 8.00. The van der Waals surface area contributed by atoms with Gasteiger partial charge in [0.25, 0.3) is 0 Å². The topological polar surface area (TPSA) is 106 Å². The third-order valence-corrected chi connectivity index (χ3v) is 5.51. The molecule has 0 radical (unpaired) electrons. The Morgan fingerprint density at radius 2 is 1.80 bits per heavy atom. The third-order valence-electron chi connectivity index (χ3n) is 3.48. The van der Waals surface area contributed by atoms with Gasteiger partial charge >= 0.3 is 0 Å². The summed E-state index contributed by atoms with van der Waals surface area (Å²) < 4.78 is 26.2. The average molecular weight is 473 g/mol. The summed E-state index contributed by atoms with van der Waals surface area (Å²) in [7, 11) is 1.00. The maximum absolute atomic E-state index is 13.6. The first-order valence-electron chi connectivity index (χ1n) is 8.21. The summed E-state index contributed by atoms with van der Waals surface area (Å²) in [4.78, 5) is 21.5. The zero-order chi connectivity index (χ0) is 22.7. The van der Waals surface area contributed by atoms with E-state index in [0.29, 0.717) is 49.3 Å². The van der Waals surface area contributed by atoms with Crippen LogP contribution < -0.4 is 11.5 Å². The lowest BCUT2D eigenvalue weighted by molar-refractivity contribution is -0.105. The molecule has 1 heterocycles. The van der Waals surface area contributed by atoms with Gasteiger partial charge < -0.3 is 21.4 Å². The van der Waals surface area contributed by atoms with Crippen LogP contribution in [-0.2, 0) is 4.79 Å². The molecule has 0 atom stereocenters. The van der Waals surface area contributed by atoms with Gasteiger partial charge in [-0.3, -0.25) is 4.79 Å². The first-order chi connectivity index (χ1) is 14.4. The van der Waals surface area contributed by atoms with Crippen molar-refractivity contribution >= 4 is 58.0 Å². The Morgan fingerprint density at radius 3 is 2.40 bits per heavy atom. The number of anilines is 2. The van der Waals surface area contributed by atoms with Gasteiger partial charge in [0.1, 0.15) is 17.9 Å². The number of aldehydes is 2. The zero-order valence-electron chi connectivity index (χ0n) is 15.8. The summed E-state index contributed by atoms with van der Waals surface area (Å²) in [5.74, 6) is -0.501. The number of nitrogen functional groups attached to an aromatic ring is 2. The lowest BCUT2D eigenvalue weighted by Crippen LogP contribution is -1.90. The van der Waals surface area contributed by atoms with Crippen LogP contribution in [-0.4, -0.2) is 30.5 Å². The van der Waals surface area contributed by atoms with E-state index in [1.54, 1.807) is 11.4 Å². The van der Waals surface area contributed by atoms with Crippen LogP contribution in [0.2, 0.25) is 5.02 Å². The van der Waals surface area contributed by atoms with E-state index >= 15 is 0 Å². The van der Waals surface area contributed by atoms with Gasteiger partial charge in [-0.2, -0.15) is 0 Å². The first kappa shape index (κ1) is 25.6. The van der Waals surface area contributed by atoms with Crippen molar-refractivity contribution in [1.82, 2.24) is 0 Å². The Balaban J connectivity index is 0.000000287. The van der Waals surface area contributed by atoms with E-state index in [4.69, 9.17) is 28.2 Å². The fourth-order valence-electron chi connectivity index (χ4n) is 2.18. The second-order valence-corrected chi connectivity index (χ2v) is 7.74. The number of aliphatic hydroxyl groups excluding tert-OH is 1. The molecule has 2 aromatic carbocycles. The number of hydrogen-bond acceptors (Lipinski definition) is 7. The highest BCUT2D eigenvalue weighted by Gasteiger charge is 2.14. The number of rotatable bonds is 5. The Kier molecular flexibility index (Phi) is 11.1. The van der Waals surface area contributed by atoms with Gasteiger partial charge in [0, 0.05) is 39.2 Å². The van der Waals surface area contributed by atoms with Crippen molar-refractivity contribution in [3.63, 3.8) is 0 Å². The van der Waals surface area contributed by atoms with E-state index in [1.807, 2.05) is 0 Å². The minimum absolute atomic E-state index is 0.299. The van der Waals surface area contributed by atoms with E-state index in [2.05, 4.69) is 0 Å². The predicted molar refractivity (Wildman–Crippen MR) is 120 cm³/mol. The van der Waals surface area contributed by atoms with Crippen molar-refractivity contribution in [2.75, 3.05) is 24.3 Å². The third kappa shape index (κ3) is 7.10. The number of thiophene rings is 1. The van der Waals surface area contributed by atoms with Crippen LogP contribution >= 0.6 is 34.7 Å². The molecule has 0 aliphatic rings. The molecule has 5 N–H and O–H groups in total. The molecule has 0 aliphatic carbocycles. The minimum atomic E-state index is -0.464. The number of carbonyl (C=O) groups is 2. The van der Waals surface area contributed by atoms with E-state index in [9.17, 15) is 18.4 Å². The van der Waals surface area contributed by atoms with Gasteiger partial charge in [0.15, 0.2) is 6.29 Å². The Hall–Kier alpha value is -2.46. The van der Waals surface area contributed by atoms with Crippen LogP contribution in [0.5, 0.6) is 0 Å². The summed E-state index contributed by atoms with van der Waals surface area (Å²) in [6.45, 7) is 0. The van der Waals surface area contributed by atoms with Crippen LogP contribution in [0, 0.1) is 11.6 Å². The van der Waals surface area contributed by atoms with Crippen LogP contribution in [0.4, 0.5) is 19.5 Å². The van der Waals surface area contributed by atoms with E-state index < -0.39 is 5.82 Å². The predicted octanol–water partition coefficient (Wildman–Crippen LogP) is 4.91. The minimum Gasteiger partial charge on any atom is -0.400 e. The van der Waals surface area contributed by atoms with Gasteiger partial charge in [-0.05, 0) is 36.4 Å². The van der Waals surface area contributed by atoms with E-state index in [0.717, 1.165) is 13.4 Å². The summed E-state index contributed by atoms with van der Waals surface area (Å²) in [6, 6.07) is 8.42. The van der Waals surface area contributed by atoms with Crippen molar-refractivity contribution in [3.8, 4) is 11.1 Å². The first-order valence-corrected chi connectivity index (χ1v) is 10.5. The fourth-order valence-corrected chi connectivity index (χ4v) is 3.80. The number of halogens is 3. The maximum atomic E-state index is 13.6. The lowest BCUT2D eigenvalue weighted by Gasteiger charge is -2.02. The number of benzene rings is 2. The molecule has 5 nitrogen and oxygen atoms in total. The largest absolute Gasteiger partial charge is 0.400 e. The number of hydrogen-bond donors (Lipinski definition) is 3. The highest BCUT2D eigenvalue weighted by atomic mass is 35.5. The van der Waals surface area contributed by atoms with Gasteiger partial charge in [-0.1, -0.05) is 11.6 Å². The molecule has 1 aromatic heterocycles. The molecule has 30 heavy (non-hydrogen) atoms. The molecule has 3 rings (SSSR count). The molecule has 0 amide bonds. The summed E-state index contributed by atoms with van der Waals surface area (Å²) in [5.41, 5.74) is 12.8. The van der Waals surface area contributed by atoms with Crippen molar-refractivity contribution in [3.05, 3.63) is 64.0 Å². The van der Waals surface area contributed by atoms with Gasteiger partial charge in [0.05, 0.1) is 16.3 Å². The summed E-state index contributed by atoms with van der Waals surface area (Å²) in [6.07, 6.45) is 1.39. The molecule has 0 spiro atoms. The van der Waals surface area contributed by atoms with E-state index in [-0.39, 0.29) is 5.82 Å². The molecule has 0 aliphatic heterocycles. The standard InChI is InChI=1S/C11H7ClFNOS.C8H8FNOS.CH4O/c12-6-1-2-7(10(13)3-6)9-5-16-11(14)8(9)4-15;9-6-1-2-7(10)8(5-6)12-4-3-11;1-2/h1-5H,14H2;1-3,5H,4,10H2;2H,1H3. The molecule has 160 valence electrons. The monoisotopic (exact) mass is 472 g/mol. The number of nitrogens with two attached hydrogens (primary N) is 2. The van der Waals surface area contributed by atoms with Crippen LogP contribution in [0.15, 0.2) is 46.7 Å². The average Bonchev–Trinajstić information content (AvgIpc) is 3.11. The Labute approximate surface area is 185 Å². The number of carbonyl (C=O) groups excluding carboxylic acids is 2. The smallest absolute Gasteiger partial charge is 0.153 e. The molecule has 0 bridgehead atoms. The Bertz CT molecular complexity index is 1000. The Morgan fingerprint density at radius 1 is 1.10 bits per heavy atom. The van der Waals surface area contributed by atoms with Crippen molar-refractivity contribution in [1.29, 1.82) is 0 Å². The number of aliphatic hydroxyl groups is 1. The van der Waals surface area contributed by atoms with Crippen LogP contribution in [0.1, 0.15) is 10.4 Å². The number of thioether (sulfide) groups is 1. The second kappa shape index (κ2) is 13.0. The SMILES string of the molecule is CO.Nc1ccc(F)cc1SCC=O.Nc1scc(-c2ccc(Cl)cc2F)c1C=O. The van der Waals surface area contributed by atoms with Gasteiger partial charge in [-0.25, -0.2) is 8.78 Å². The second-order valence-electron chi connectivity index (χ2n) is 5.33. The molecule has 0 saturated heterocycles. The molecule has 3 aromatic rings. The molecule has 0 fully saturated rings. The van der Waals surface area contributed by atoms with Crippen molar-refractivity contribution in [2.24, 2.45) is 0 Å². The van der Waals surface area contributed by atoms with Gasteiger partial charge in [0.2, 0.25) is 0 Å². The van der Waals surface area contributed by atoms with Gasteiger partial charge in [-0.15, -0.1) is 23.1 Å². The molecule has 0 unspecified atom stereocenters. The van der Waals surface area contributed by atoms with Crippen molar-refractivity contribution in [2.45, 2.75) is 4.90 Å². The molecule has 10 heteroatoms. The van der Waals surface area contributed by atoms with Crippen molar-refractivity contribution < 1.29 is 23.5 Å². The van der Waals surface area contributed by atoms with Crippen LogP contribution in [0.25, 0.3) is 11.1 Å². The van der Waals surface area contributed by atoms with E-state index in [1.165, 1.54) is 53.4 Å². The normalized spacial score (nSPS) is 9.63. The maximum Gasteiger partial charge on any atom is 0.153 e. The summed E-state index contributed by atoms with van der Waals surface area (Å²) in [5, 5.41) is 9.36. The highest BCUT2D eigenvalue weighted by Crippen LogP contribution is 2.34. The molecular weight excluding hydrogens is 454 g/mol. The summed E-state index contributed by atoms with van der Waals surface area (Å²) >= 11 is 8.09. The quantitative estimate of drug-likeness (QED) is 0.277. The lowest BCUT2D eigenvalue weighted by atomic mass is 10.0. The fraction of sp³-hybridized carbons (Fsp3) is 0.100. The zero-order valence-corrected chi connectivity index (χ0v) is 18.2. The molecular formula is C20H19ClF2N2O3S2. The molecule has 0 saturated carbocycles.